The molecular weight excluding hydrogens is 428 g/mol. The molecule has 0 unspecified atom stereocenters. The first-order valence-electron chi connectivity index (χ1n) is 10.4. The van der Waals surface area contributed by atoms with Crippen molar-refractivity contribution in [3.05, 3.63) is 107 Å². The van der Waals surface area contributed by atoms with Gasteiger partial charge in [0.1, 0.15) is 11.6 Å². The molecule has 0 aliphatic carbocycles. The number of carbonyl (C=O) groups is 1. The number of nitrogens with zero attached hydrogens (tertiary/aromatic N) is 2. The quantitative estimate of drug-likeness (QED) is 0.231. The van der Waals surface area contributed by atoms with E-state index in [0.29, 0.717) is 0 Å². The zero-order valence-electron chi connectivity index (χ0n) is 17.5. The summed E-state index contributed by atoms with van der Waals surface area (Å²) in [7, 11) is 0. The molecule has 5 heteroatoms. The molecule has 0 amide bonds. The normalized spacial score (nSPS) is 12.5. The van der Waals surface area contributed by atoms with Gasteiger partial charge in [-0.05, 0) is 59.2 Å². The molecule has 0 spiro atoms. The number of hydrogen-bond acceptors (Lipinski definition) is 4. The monoisotopic (exact) mass is 446 g/mol. The van der Waals surface area contributed by atoms with Crippen molar-refractivity contribution in [2.45, 2.75) is 0 Å². The van der Waals surface area contributed by atoms with E-state index in [-0.39, 0.29) is 5.57 Å². The second-order valence-electron chi connectivity index (χ2n) is 7.51. The van der Waals surface area contributed by atoms with E-state index in [1.807, 2.05) is 24.3 Å². The van der Waals surface area contributed by atoms with Crippen LogP contribution in [0.1, 0.15) is 16.0 Å². The molecule has 1 aliphatic rings. The minimum absolute atomic E-state index is 0.272. The molecule has 0 saturated heterocycles. The van der Waals surface area contributed by atoms with E-state index >= 15 is 0 Å². The van der Waals surface area contributed by atoms with Crippen LogP contribution in [0.2, 0.25) is 0 Å². The fraction of sp³-hybridized carbons (Fsp3) is 0. The molecule has 33 heavy (non-hydrogen) atoms. The largest absolute Gasteiger partial charge is 0.477 e. The summed E-state index contributed by atoms with van der Waals surface area (Å²) in [5.41, 5.74) is 6.35. The van der Waals surface area contributed by atoms with Crippen LogP contribution in [0.4, 0.5) is 17.1 Å². The number of nitriles is 1. The Morgan fingerprint density at radius 3 is 2.03 bits per heavy atom. The van der Waals surface area contributed by atoms with Gasteiger partial charge in [0, 0.05) is 15.4 Å². The summed E-state index contributed by atoms with van der Waals surface area (Å²) in [6, 6.07) is 30.5. The van der Waals surface area contributed by atoms with Crippen molar-refractivity contribution >= 4 is 52.6 Å². The van der Waals surface area contributed by atoms with Gasteiger partial charge in [0.25, 0.3) is 0 Å². The number of para-hydroxylation sites is 2. The van der Waals surface area contributed by atoms with Crippen LogP contribution in [-0.4, -0.2) is 11.1 Å². The van der Waals surface area contributed by atoms with Crippen molar-refractivity contribution in [1.29, 1.82) is 5.26 Å². The third-order valence-electron chi connectivity index (χ3n) is 5.47. The fourth-order valence-corrected chi connectivity index (χ4v) is 4.85. The van der Waals surface area contributed by atoms with Gasteiger partial charge in [-0.15, -0.1) is 11.3 Å². The predicted molar refractivity (Wildman–Crippen MR) is 135 cm³/mol. The number of hydrogen-bond donors (Lipinski definition) is 1. The molecule has 5 rings (SSSR count). The van der Waals surface area contributed by atoms with E-state index in [0.717, 1.165) is 43.5 Å². The molecule has 4 aromatic rings. The van der Waals surface area contributed by atoms with Crippen molar-refractivity contribution in [3.8, 4) is 16.5 Å². The summed E-state index contributed by atoms with van der Waals surface area (Å²) in [5, 5.41) is 18.1. The molecule has 0 radical (unpaired) electrons. The third kappa shape index (κ3) is 3.96. The first-order valence-corrected chi connectivity index (χ1v) is 11.2. The number of fused-ring (bicyclic) bond motifs is 2. The van der Waals surface area contributed by atoms with Gasteiger partial charge in [-0.2, -0.15) is 5.26 Å². The molecule has 1 N–H and O–H groups in total. The molecule has 4 nitrogen and oxygen atoms in total. The van der Waals surface area contributed by atoms with Crippen LogP contribution in [-0.2, 0) is 4.79 Å². The molecule has 0 atom stereocenters. The molecule has 1 aromatic heterocycles. The molecular formula is C28H18N2O2S. The van der Waals surface area contributed by atoms with Crippen molar-refractivity contribution in [2.24, 2.45) is 0 Å². The van der Waals surface area contributed by atoms with Crippen LogP contribution in [0, 0.1) is 11.3 Å². The van der Waals surface area contributed by atoms with Crippen molar-refractivity contribution in [1.82, 2.24) is 0 Å². The Bertz CT molecular complexity index is 1410. The smallest absolute Gasteiger partial charge is 0.346 e. The number of rotatable bonds is 4. The lowest BCUT2D eigenvalue weighted by Gasteiger charge is -2.27. The highest BCUT2D eigenvalue weighted by atomic mass is 32.1. The molecule has 0 fully saturated rings. The van der Waals surface area contributed by atoms with E-state index in [4.69, 9.17) is 10.4 Å². The van der Waals surface area contributed by atoms with E-state index < -0.39 is 5.97 Å². The van der Waals surface area contributed by atoms with Gasteiger partial charge in [-0.1, -0.05) is 60.7 Å². The van der Waals surface area contributed by atoms with Crippen LogP contribution < -0.4 is 4.90 Å². The summed E-state index contributed by atoms with van der Waals surface area (Å²) in [6.07, 6.45) is 5.70. The Kier molecular flexibility index (Phi) is 5.35. The summed E-state index contributed by atoms with van der Waals surface area (Å²) in [5.74, 6) is -1.22. The second-order valence-corrected chi connectivity index (χ2v) is 8.63. The molecule has 0 saturated carbocycles. The van der Waals surface area contributed by atoms with Gasteiger partial charge in [0.2, 0.25) is 0 Å². The maximum absolute atomic E-state index is 11.1. The van der Waals surface area contributed by atoms with E-state index in [1.165, 1.54) is 17.4 Å². The first-order chi connectivity index (χ1) is 16.1. The minimum atomic E-state index is -1.22. The highest BCUT2D eigenvalue weighted by Crippen LogP contribution is 2.42. The van der Waals surface area contributed by atoms with Crippen LogP contribution in [0.3, 0.4) is 0 Å². The Morgan fingerprint density at radius 2 is 1.45 bits per heavy atom. The SMILES string of the molecule is N#C/C(=C\c1ccc(-c2ccc(N3c4ccccc4C=Cc4ccccc43)cc2)s1)C(=O)O. The Balaban J connectivity index is 1.52. The predicted octanol–water partition coefficient (Wildman–Crippen LogP) is 7.36. The van der Waals surface area contributed by atoms with Crippen molar-refractivity contribution in [2.75, 3.05) is 4.90 Å². The third-order valence-corrected chi connectivity index (χ3v) is 6.55. The van der Waals surface area contributed by atoms with E-state index in [9.17, 15) is 4.79 Å². The number of aliphatic carboxylic acids is 1. The topological polar surface area (TPSA) is 64.3 Å². The molecule has 1 aliphatic heterocycles. The molecule has 158 valence electrons. The number of benzene rings is 3. The zero-order chi connectivity index (χ0) is 22.8. The minimum Gasteiger partial charge on any atom is -0.477 e. The van der Waals surface area contributed by atoms with Crippen molar-refractivity contribution in [3.63, 3.8) is 0 Å². The first kappa shape index (κ1) is 20.5. The lowest BCUT2D eigenvalue weighted by Crippen LogP contribution is -2.11. The van der Waals surface area contributed by atoms with E-state index in [1.54, 1.807) is 6.07 Å². The number of anilines is 3. The Labute approximate surface area is 195 Å². The van der Waals surface area contributed by atoms with Gasteiger partial charge in [-0.25, -0.2) is 4.79 Å². The summed E-state index contributed by atoms with van der Waals surface area (Å²) in [6.45, 7) is 0. The number of carboxylic acids is 1. The van der Waals surface area contributed by atoms with E-state index in [2.05, 4.69) is 77.7 Å². The van der Waals surface area contributed by atoms with Gasteiger partial charge < -0.3 is 10.0 Å². The van der Waals surface area contributed by atoms with Gasteiger partial charge in [0.05, 0.1) is 11.4 Å². The average Bonchev–Trinajstić information content (AvgIpc) is 3.24. The average molecular weight is 447 g/mol. The summed E-state index contributed by atoms with van der Waals surface area (Å²) >= 11 is 1.45. The Morgan fingerprint density at radius 1 is 0.848 bits per heavy atom. The summed E-state index contributed by atoms with van der Waals surface area (Å²) < 4.78 is 0. The lowest BCUT2D eigenvalue weighted by atomic mass is 10.1. The Hall–Kier alpha value is -4.40. The van der Waals surface area contributed by atoms with Gasteiger partial charge in [-0.3, -0.25) is 0 Å². The van der Waals surface area contributed by atoms with Gasteiger partial charge in [0.15, 0.2) is 0 Å². The van der Waals surface area contributed by atoms with Crippen LogP contribution in [0.5, 0.6) is 0 Å². The standard InChI is InChI=1S/C28H18N2O2S/c29-18-22(28(31)32)17-24-15-16-27(33-24)21-11-13-23(14-12-21)30-25-7-3-1-5-19(25)9-10-20-6-2-4-8-26(20)30/h1-17H,(H,31,32)/b22-17+. The zero-order valence-corrected chi connectivity index (χ0v) is 18.3. The van der Waals surface area contributed by atoms with Crippen LogP contribution >= 0.6 is 11.3 Å². The second kappa shape index (κ2) is 8.62. The number of thiophene rings is 1. The summed E-state index contributed by atoms with van der Waals surface area (Å²) in [4.78, 5) is 15.1. The maximum atomic E-state index is 11.1. The lowest BCUT2D eigenvalue weighted by molar-refractivity contribution is -0.132. The molecule has 2 heterocycles. The molecule has 3 aromatic carbocycles. The highest BCUT2D eigenvalue weighted by molar-refractivity contribution is 7.16. The van der Waals surface area contributed by atoms with Crippen LogP contribution in [0.25, 0.3) is 28.7 Å². The molecule has 0 bridgehead atoms. The highest BCUT2D eigenvalue weighted by Gasteiger charge is 2.19. The van der Waals surface area contributed by atoms with Crippen molar-refractivity contribution < 1.29 is 9.90 Å². The maximum Gasteiger partial charge on any atom is 0.346 e. The van der Waals surface area contributed by atoms with Crippen LogP contribution in [0.15, 0.2) is 90.5 Å². The number of carboxylic acid groups (broad SMARTS) is 1. The van der Waals surface area contributed by atoms with Gasteiger partial charge >= 0.3 is 5.97 Å². The fourth-order valence-electron chi connectivity index (χ4n) is 3.90.